The highest BCUT2D eigenvalue weighted by Gasteiger charge is 2.18. The van der Waals surface area contributed by atoms with Gasteiger partial charge in [-0.15, -0.1) is 0 Å². The lowest BCUT2D eigenvalue weighted by molar-refractivity contribution is 0.0892. The van der Waals surface area contributed by atoms with Gasteiger partial charge in [0.2, 0.25) is 0 Å². The smallest absolute Gasteiger partial charge is 0.251 e. The van der Waals surface area contributed by atoms with Crippen LogP contribution in [0.15, 0.2) is 54.9 Å². The number of hydrogen-bond acceptors (Lipinski definition) is 5. The Balaban J connectivity index is 1.78. The van der Waals surface area contributed by atoms with Gasteiger partial charge in [0.25, 0.3) is 5.91 Å². The third-order valence-corrected chi connectivity index (χ3v) is 4.27. The molecular weight excluding hydrogens is 344 g/mol. The van der Waals surface area contributed by atoms with Crippen molar-refractivity contribution in [3.63, 3.8) is 0 Å². The van der Waals surface area contributed by atoms with Crippen LogP contribution in [-0.4, -0.2) is 41.5 Å². The minimum absolute atomic E-state index is 0.183. The molecule has 3 rings (SSSR count). The summed E-state index contributed by atoms with van der Waals surface area (Å²) >= 11 is 0. The molecule has 0 aliphatic heterocycles. The zero-order valence-corrected chi connectivity index (χ0v) is 15.5. The minimum atomic E-state index is -0.287. The zero-order chi connectivity index (χ0) is 19.2. The van der Waals surface area contributed by atoms with E-state index in [1.54, 1.807) is 43.4 Å². The van der Waals surface area contributed by atoms with Gasteiger partial charge in [-0.1, -0.05) is 12.1 Å². The van der Waals surface area contributed by atoms with Crippen molar-refractivity contribution in [2.45, 2.75) is 6.04 Å². The molecule has 1 N–H and O–H groups in total. The molecule has 1 atom stereocenters. The third-order valence-electron chi connectivity index (χ3n) is 4.27. The number of pyridine rings is 1. The second-order valence-electron chi connectivity index (χ2n) is 5.99. The van der Waals surface area contributed by atoms with Gasteiger partial charge < -0.3 is 14.8 Å². The number of ether oxygens (including phenoxy) is 2. The highest BCUT2D eigenvalue weighted by atomic mass is 16.5. The molecule has 0 fully saturated rings. The predicted molar refractivity (Wildman–Crippen MR) is 102 cm³/mol. The number of rotatable bonds is 7. The Bertz CT molecular complexity index is 906. The largest absolute Gasteiger partial charge is 0.494 e. The fourth-order valence-corrected chi connectivity index (χ4v) is 2.89. The van der Waals surface area contributed by atoms with E-state index in [-0.39, 0.29) is 11.9 Å². The van der Waals surface area contributed by atoms with Gasteiger partial charge in [-0.2, -0.15) is 5.10 Å². The van der Waals surface area contributed by atoms with Crippen molar-refractivity contribution in [1.29, 1.82) is 0 Å². The molecule has 0 unspecified atom stereocenters. The van der Waals surface area contributed by atoms with Crippen molar-refractivity contribution < 1.29 is 14.3 Å². The molecule has 0 radical (unpaired) electrons. The minimum Gasteiger partial charge on any atom is -0.494 e. The van der Waals surface area contributed by atoms with Gasteiger partial charge in [-0.3, -0.25) is 14.5 Å². The first-order valence-electron chi connectivity index (χ1n) is 8.51. The Labute approximate surface area is 158 Å². The maximum absolute atomic E-state index is 12.7. The van der Waals surface area contributed by atoms with Crippen LogP contribution in [0.4, 0.5) is 0 Å². The van der Waals surface area contributed by atoms with Crippen LogP contribution >= 0.6 is 0 Å². The van der Waals surface area contributed by atoms with Crippen LogP contribution in [0.2, 0.25) is 0 Å². The van der Waals surface area contributed by atoms with Crippen molar-refractivity contribution in [3.8, 4) is 17.0 Å². The molecule has 27 heavy (non-hydrogen) atoms. The van der Waals surface area contributed by atoms with Crippen LogP contribution in [0, 0.1) is 0 Å². The van der Waals surface area contributed by atoms with Gasteiger partial charge in [0.15, 0.2) is 0 Å². The van der Waals surface area contributed by atoms with E-state index < -0.39 is 0 Å². The molecule has 7 heteroatoms. The van der Waals surface area contributed by atoms with Gasteiger partial charge in [0.05, 0.1) is 25.5 Å². The summed E-state index contributed by atoms with van der Waals surface area (Å²) in [6, 6.07) is 12.5. The molecule has 1 aromatic carbocycles. The number of nitrogens with one attached hydrogen (secondary N) is 1. The lowest BCUT2D eigenvalue weighted by atomic mass is 10.1. The standard InChI is InChI=1S/C20H22N4O3/c1-24-17(10-12-22-24)16(13-26-2)23-20(25)15-8-6-14(7-9-15)19-18(27-3)5-4-11-21-19/h4-12,16H,13H2,1-3H3,(H,23,25)/t16-/m1/s1. The summed E-state index contributed by atoms with van der Waals surface area (Å²) in [5, 5.41) is 7.15. The van der Waals surface area contributed by atoms with Crippen LogP contribution in [0.25, 0.3) is 11.3 Å². The van der Waals surface area contributed by atoms with Crippen molar-refractivity contribution in [2.75, 3.05) is 20.8 Å². The molecule has 2 heterocycles. The molecule has 140 valence electrons. The van der Waals surface area contributed by atoms with E-state index in [1.807, 2.05) is 37.4 Å². The first-order valence-corrected chi connectivity index (χ1v) is 8.51. The zero-order valence-electron chi connectivity index (χ0n) is 15.5. The van der Waals surface area contributed by atoms with E-state index in [9.17, 15) is 4.79 Å². The molecule has 7 nitrogen and oxygen atoms in total. The Morgan fingerprint density at radius 2 is 1.93 bits per heavy atom. The Kier molecular flexibility index (Phi) is 5.83. The Morgan fingerprint density at radius 1 is 1.15 bits per heavy atom. The third kappa shape index (κ3) is 4.15. The molecule has 0 saturated carbocycles. The van der Waals surface area contributed by atoms with Crippen molar-refractivity contribution in [2.24, 2.45) is 7.05 Å². The summed E-state index contributed by atoms with van der Waals surface area (Å²) in [6.07, 6.45) is 3.40. The van der Waals surface area contributed by atoms with Crippen LogP contribution < -0.4 is 10.1 Å². The summed E-state index contributed by atoms with van der Waals surface area (Å²) in [6.45, 7) is 0.356. The van der Waals surface area contributed by atoms with Crippen molar-refractivity contribution in [1.82, 2.24) is 20.1 Å². The van der Waals surface area contributed by atoms with Crippen molar-refractivity contribution in [3.05, 3.63) is 66.1 Å². The maximum Gasteiger partial charge on any atom is 0.251 e. The molecule has 0 saturated heterocycles. The van der Waals surface area contributed by atoms with Crippen LogP contribution in [0.3, 0.4) is 0 Å². The Morgan fingerprint density at radius 3 is 2.56 bits per heavy atom. The summed E-state index contributed by atoms with van der Waals surface area (Å²) in [5.74, 6) is 0.504. The number of aromatic nitrogens is 3. The first-order chi connectivity index (χ1) is 13.1. The first kappa shape index (κ1) is 18.6. The highest BCUT2D eigenvalue weighted by molar-refractivity contribution is 5.95. The normalized spacial score (nSPS) is 11.8. The summed E-state index contributed by atoms with van der Waals surface area (Å²) in [7, 11) is 5.04. The average molecular weight is 366 g/mol. The number of nitrogens with zero attached hydrogens (tertiary/aromatic N) is 3. The molecule has 0 aliphatic carbocycles. The molecule has 0 aliphatic rings. The van der Waals surface area contributed by atoms with E-state index in [0.717, 1.165) is 17.0 Å². The second-order valence-corrected chi connectivity index (χ2v) is 5.99. The molecule has 3 aromatic rings. The summed E-state index contributed by atoms with van der Waals surface area (Å²) < 4.78 is 12.3. The van der Waals surface area contributed by atoms with Gasteiger partial charge in [-0.05, 0) is 30.3 Å². The molecular formula is C20H22N4O3. The molecule has 0 spiro atoms. The van der Waals surface area contributed by atoms with E-state index in [2.05, 4.69) is 15.4 Å². The topological polar surface area (TPSA) is 78.3 Å². The average Bonchev–Trinajstić information content (AvgIpc) is 3.13. The van der Waals surface area contributed by atoms with E-state index in [4.69, 9.17) is 9.47 Å². The number of methoxy groups -OCH3 is 2. The predicted octanol–water partition coefficient (Wildman–Crippen LogP) is 2.61. The fourth-order valence-electron chi connectivity index (χ4n) is 2.89. The molecule has 2 aromatic heterocycles. The number of amides is 1. The summed E-state index contributed by atoms with van der Waals surface area (Å²) in [4.78, 5) is 17.0. The lowest BCUT2D eigenvalue weighted by Gasteiger charge is -2.18. The van der Waals surface area contributed by atoms with E-state index >= 15 is 0 Å². The maximum atomic E-state index is 12.7. The number of carbonyl (C=O) groups excluding carboxylic acids is 1. The number of carbonyl (C=O) groups is 1. The highest BCUT2D eigenvalue weighted by Crippen LogP contribution is 2.27. The number of aryl methyl sites for hydroxylation is 1. The summed E-state index contributed by atoms with van der Waals surface area (Å²) in [5.41, 5.74) is 3.04. The monoisotopic (exact) mass is 366 g/mol. The van der Waals surface area contributed by atoms with E-state index in [0.29, 0.717) is 17.9 Å². The lowest BCUT2D eigenvalue weighted by Crippen LogP contribution is -2.32. The van der Waals surface area contributed by atoms with Gasteiger partial charge in [0.1, 0.15) is 11.4 Å². The molecule has 0 bridgehead atoms. The number of hydrogen-bond donors (Lipinski definition) is 1. The second kappa shape index (κ2) is 8.46. The van der Waals surface area contributed by atoms with Crippen LogP contribution in [0.5, 0.6) is 5.75 Å². The molecule has 1 amide bonds. The fraction of sp³-hybridized carbons (Fsp3) is 0.250. The quantitative estimate of drug-likeness (QED) is 0.695. The van der Waals surface area contributed by atoms with Crippen molar-refractivity contribution >= 4 is 5.91 Å². The van der Waals surface area contributed by atoms with Gasteiger partial charge >= 0.3 is 0 Å². The van der Waals surface area contributed by atoms with Gasteiger partial charge in [-0.25, -0.2) is 0 Å². The number of benzene rings is 1. The Hall–Kier alpha value is -3.19. The van der Waals surface area contributed by atoms with Gasteiger partial charge in [0, 0.05) is 37.7 Å². The van der Waals surface area contributed by atoms with E-state index in [1.165, 1.54) is 0 Å². The van der Waals surface area contributed by atoms with Crippen LogP contribution in [0.1, 0.15) is 22.1 Å². The SMILES string of the molecule is COC[C@@H](NC(=O)c1ccc(-c2ncccc2OC)cc1)c1ccnn1C. The van der Waals surface area contributed by atoms with Crippen LogP contribution in [-0.2, 0) is 11.8 Å².